The van der Waals surface area contributed by atoms with Gasteiger partial charge in [-0.3, -0.25) is 4.79 Å². The van der Waals surface area contributed by atoms with E-state index in [1.807, 2.05) is 0 Å². The van der Waals surface area contributed by atoms with Gasteiger partial charge in [0.25, 0.3) is 6.47 Å². The Hall–Kier alpha value is -1.03. The smallest absolute Gasteiger partial charge is 0.293 e. The fraction of sp³-hybridized carbons (Fsp3) is 0.500. The van der Waals surface area contributed by atoms with Crippen LogP contribution >= 0.6 is 11.8 Å². The summed E-state index contributed by atoms with van der Waals surface area (Å²) in [7, 11) is 0. The number of carbonyl (C=O) groups is 1. The lowest BCUT2D eigenvalue weighted by atomic mass is 9.88. The van der Waals surface area contributed by atoms with Gasteiger partial charge < -0.3 is 4.74 Å². The molecule has 1 aromatic rings. The van der Waals surface area contributed by atoms with Gasteiger partial charge >= 0.3 is 0 Å². The Morgan fingerprint density at radius 3 is 2.72 bits per heavy atom. The van der Waals surface area contributed by atoms with Crippen molar-refractivity contribution in [3.05, 3.63) is 30.1 Å². The van der Waals surface area contributed by atoms with Gasteiger partial charge in [0, 0.05) is 16.6 Å². The summed E-state index contributed by atoms with van der Waals surface area (Å²) in [4.78, 5) is 11.5. The summed E-state index contributed by atoms with van der Waals surface area (Å²) in [6, 6.07) is 6.53. The molecular weight excluding hydrogens is 251 g/mol. The molecule has 0 radical (unpaired) electrons. The largest absolute Gasteiger partial charge is 0.464 e. The van der Waals surface area contributed by atoms with Crippen LogP contribution in [-0.2, 0) is 9.53 Å². The van der Waals surface area contributed by atoms with E-state index in [0.29, 0.717) is 12.4 Å². The van der Waals surface area contributed by atoms with Crippen molar-refractivity contribution in [2.45, 2.75) is 36.7 Å². The van der Waals surface area contributed by atoms with Gasteiger partial charge in [-0.1, -0.05) is 6.42 Å². The first-order chi connectivity index (χ1) is 8.79. The molecule has 1 aromatic carbocycles. The van der Waals surface area contributed by atoms with Crippen molar-refractivity contribution >= 4 is 18.2 Å². The molecule has 1 aliphatic rings. The van der Waals surface area contributed by atoms with Crippen LogP contribution in [0.5, 0.6) is 0 Å². The van der Waals surface area contributed by atoms with Gasteiger partial charge in [0.15, 0.2) is 0 Å². The van der Waals surface area contributed by atoms with E-state index in [2.05, 4.69) is 0 Å². The Kier molecular flexibility index (Phi) is 5.05. The van der Waals surface area contributed by atoms with Gasteiger partial charge in [0.1, 0.15) is 11.9 Å². The molecule has 0 bridgehead atoms. The van der Waals surface area contributed by atoms with E-state index in [4.69, 9.17) is 4.74 Å². The van der Waals surface area contributed by atoms with E-state index >= 15 is 0 Å². The zero-order chi connectivity index (χ0) is 12.8. The lowest BCUT2D eigenvalue weighted by molar-refractivity contribution is -0.137. The standard InChI is InChI=1S/C14H17FO2S/c15-12-5-7-13(8-6-12)18-9-11-3-1-2-4-14(11)17-10-16/h5-8,10-11,14H,1-4,9H2. The molecule has 0 saturated heterocycles. The summed E-state index contributed by atoms with van der Waals surface area (Å²) in [6.45, 7) is 0.561. The summed E-state index contributed by atoms with van der Waals surface area (Å²) in [5.41, 5.74) is 0. The predicted octanol–water partition coefficient (Wildman–Crippen LogP) is 3.65. The molecule has 2 nitrogen and oxygen atoms in total. The van der Waals surface area contributed by atoms with Crippen molar-refractivity contribution in [1.29, 1.82) is 0 Å². The molecule has 2 unspecified atom stereocenters. The highest BCUT2D eigenvalue weighted by Gasteiger charge is 2.26. The van der Waals surface area contributed by atoms with Gasteiger partial charge in [0.05, 0.1) is 0 Å². The maximum atomic E-state index is 12.8. The van der Waals surface area contributed by atoms with Crippen LogP contribution in [0, 0.1) is 11.7 Å². The zero-order valence-electron chi connectivity index (χ0n) is 10.2. The Bertz CT molecular complexity index is 380. The van der Waals surface area contributed by atoms with Crippen LogP contribution in [0.4, 0.5) is 4.39 Å². The fourth-order valence-corrected chi connectivity index (χ4v) is 3.47. The van der Waals surface area contributed by atoms with E-state index in [-0.39, 0.29) is 11.9 Å². The molecule has 98 valence electrons. The van der Waals surface area contributed by atoms with Crippen LogP contribution in [0.1, 0.15) is 25.7 Å². The number of halogens is 1. The zero-order valence-corrected chi connectivity index (χ0v) is 11.0. The number of ether oxygens (including phenoxy) is 1. The Morgan fingerprint density at radius 1 is 1.28 bits per heavy atom. The Balaban J connectivity index is 1.87. The van der Waals surface area contributed by atoms with Crippen LogP contribution < -0.4 is 0 Å². The highest BCUT2D eigenvalue weighted by Crippen LogP contribution is 2.31. The lowest BCUT2D eigenvalue weighted by Gasteiger charge is -2.29. The molecule has 0 amide bonds. The van der Waals surface area contributed by atoms with Gasteiger partial charge in [-0.05, 0) is 43.5 Å². The summed E-state index contributed by atoms with van der Waals surface area (Å²) in [6.07, 6.45) is 4.47. The number of hydrogen-bond acceptors (Lipinski definition) is 3. The third kappa shape index (κ3) is 3.73. The molecule has 1 saturated carbocycles. The van der Waals surface area contributed by atoms with Crippen molar-refractivity contribution < 1.29 is 13.9 Å². The van der Waals surface area contributed by atoms with Gasteiger partial charge in [-0.15, -0.1) is 11.8 Å². The van der Waals surface area contributed by atoms with Crippen LogP contribution in [-0.4, -0.2) is 18.3 Å². The summed E-state index contributed by atoms with van der Waals surface area (Å²) in [5.74, 6) is 1.13. The second-order valence-corrected chi connectivity index (χ2v) is 5.67. The number of thioether (sulfide) groups is 1. The van der Waals surface area contributed by atoms with E-state index < -0.39 is 0 Å². The topological polar surface area (TPSA) is 26.3 Å². The highest BCUT2D eigenvalue weighted by atomic mass is 32.2. The van der Waals surface area contributed by atoms with Gasteiger partial charge in [0.2, 0.25) is 0 Å². The minimum atomic E-state index is -0.209. The Morgan fingerprint density at radius 2 is 2.00 bits per heavy atom. The minimum Gasteiger partial charge on any atom is -0.464 e. The lowest BCUT2D eigenvalue weighted by Crippen LogP contribution is -2.29. The molecule has 0 spiro atoms. The first-order valence-electron chi connectivity index (χ1n) is 6.27. The van der Waals surface area contributed by atoms with Crippen molar-refractivity contribution in [3.63, 3.8) is 0 Å². The van der Waals surface area contributed by atoms with E-state index in [1.54, 1.807) is 23.9 Å². The predicted molar refractivity (Wildman–Crippen MR) is 70.0 cm³/mol. The number of hydrogen-bond donors (Lipinski definition) is 0. The number of benzene rings is 1. The molecular formula is C14H17FO2S. The van der Waals surface area contributed by atoms with E-state index in [0.717, 1.165) is 29.9 Å². The minimum absolute atomic E-state index is 0.0594. The quantitative estimate of drug-likeness (QED) is 0.602. The summed E-state index contributed by atoms with van der Waals surface area (Å²) < 4.78 is 17.9. The monoisotopic (exact) mass is 268 g/mol. The number of rotatable bonds is 5. The van der Waals surface area contributed by atoms with E-state index in [9.17, 15) is 9.18 Å². The Labute approximate surface area is 111 Å². The molecule has 0 N–H and O–H groups in total. The maximum absolute atomic E-state index is 12.8. The average Bonchev–Trinajstić information content (AvgIpc) is 2.40. The van der Waals surface area contributed by atoms with Crippen molar-refractivity contribution in [3.8, 4) is 0 Å². The SMILES string of the molecule is O=COC1CCCCC1CSc1ccc(F)cc1. The van der Waals surface area contributed by atoms with Crippen LogP contribution in [0.3, 0.4) is 0 Å². The molecule has 0 aromatic heterocycles. The van der Waals surface area contributed by atoms with Crippen molar-refractivity contribution in [2.75, 3.05) is 5.75 Å². The molecule has 1 aliphatic carbocycles. The molecule has 2 rings (SSSR count). The van der Waals surface area contributed by atoms with Crippen molar-refractivity contribution in [1.82, 2.24) is 0 Å². The molecule has 0 heterocycles. The first-order valence-corrected chi connectivity index (χ1v) is 7.25. The third-order valence-corrected chi connectivity index (χ3v) is 4.55. The molecule has 0 aliphatic heterocycles. The molecule has 18 heavy (non-hydrogen) atoms. The molecule has 1 fully saturated rings. The van der Waals surface area contributed by atoms with E-state index in [1.165, 1.54) is 18.6 Å². The highest BCUT2D eigenvalue weighted by molar-refractivity contribution is 7.99. The molecule has 2 atom stereocenters. The maximum Gasteiger partial charge on any atom is 0.293 e. The fourth-order valence-electron chi connectivity index (χ4n) is 2.35. The van der Waals surface area contributed by atoms with Crippen LogP contribution in [0.2, 0.25) is 0 Å². The first kappa shape index (κ1) is 13.4. The normalized spacial score (nSPS) is 23.6. The average molecular weight is 268 g/mol. The summed E-state index contributed by atoms with van der Waals surface area (Å²) in [5, 5.41) is 0. The second kappa shape index (κ2) is 6.78. The van der Waals surface area contributed by atoms with Crippen molar-refractivity contribution in [2.24, 2.45) is 5.92 Å². The molecule has 4 heteroatoms. The second-order valence-electron chi connectivity index (χ2n) is 4.58. The van der Waals surface area contributed by atoms with Gasteiger partial charge in [-0.25, -0.2) is 4.39 Å². The van der Waals surface area contributed by atoms with Crippen LogP contribution in [0.15, 0.2) is 29.2 Å². The van der Waals surface area contributed by atoms with Crippen LogP contribution in [0.25, 0.3) is 0 Å². The van der Waals surface area contributed by atoms with Gasteiger partial charge in [-0.2, -0.15) is 0 Å². The number of carbonyl (C=O) groups excluding carboxylic acids is 1. The third-order valence-electron chi connectivity index (χ3n) is 3.35. The summed E-state index contributed by atoms with van der Waals surface area (Å²) >= 11 is 1.70.